The number of hydrogen-bond donors (Lipinski definition) is 0. The third kappa shape index (κ3) is 4.47. The van der Waals surface area contributed by atoms with Gasteiger partial charge in [-0.25, -0.2) is 0 Å². The van der Waals surface area contributed by atoms with Crippen molar-refractivity contribution in [2.45, 2.75) is 37.8 Å². The highest BCUT2D eigenvalue weighted by molar-refractivity contribution is 7.99. The lowest BCUT2D eigenvalue weighted by atomic mass is 9.99. The number of piperidine rings is 1. The van der Waals surface area contributed by atoms with E-state index in [2.05, 4.69) is 44.7 Å². The van der Waals surface area contributed by atoms with Crippen LogP contribution in [0.3, 0.4) is 0 Å². The van der Waals surface area contributed by atoms with Gasteiger partial charge in [0.25, 0.3) is 0 Å². The first-order valence-corrected chi connectivity index (χ1v) is 11.4. The Bertz CT molecular complexity index is 556. The summed E-state index contributed by atoms with van der Waals surface area (Å²) in [7, 11) is 0. The van der Waals surface area contributed by atoms with E-state index in [0.29, 0.717) is 0 Å². The molecule has 0 N–H and O–H groups in total. The second-order valence-electron chi connectivity index (χ2n) is 7.64. The molecule has 0 spiro atoms. The van der Waals surface area contributed by atoms with Crippen molar-refractivity contribution < 1.29 is 0 Å². The van der Waals surface area contributed by atoms with E-state index in [-0.39, 0.29) is 0 Å². The van der Waals surface area contributed by atoms with Crippen molar-refractivity contribution in [2.24, 2.45) is 0 Å². The SMILES string of the molecule is Clc1cccc(N2CCN(C3CCCN(C4CCSCC4)C3)CC2)c1. The maximum absolute atomic E-state index is 6.16. The van der Waals surface area contributed by atoms with Crippen LogP contribution in [0.1, 0.15) is 25.7 Å². The highest BCUT2D eigenvalue weighted by Gasteiger charge is 2.31. The summed E-state index contributed by atoms with van der Waals surface area (Å²) >= 11 is 8.30. The van der Waals surface area contributed by atoms with Gasteiger partial charge in [0.1, 0.15) is 0 Å². The molecule has 3 fully saturated rings. The quantitative estimate of drug-likeness (QED) is 0.789. The van der Waals surface area contributed by atoms with Crippen molar-refractivity contribution in [3.8, 4) is 0 Å². The summed E-state index contributed by atoms with van der Waals surface area (Å²) in [5, 5.41) is 0.841. The number of hydrogen-bond acceptors (Lipinski definition) is 4. The molecule has 3 aliphatic heterocycles. The van der Waals surface area contributed by atoms with E-state index in [1.165, 1.54) is 69.1 Å². The minimum absolute atomic E-state index is 0.768. The molecular formula is C20H30ClN3S. The molecule has 25 heavy (non-hydrogen) atoms. The first-order chi connectivity index (χ1) is 12.3. The lowest BCUT2D eigenvalue weighted by Gasteiger charge is -2.46. The van der Waals surface area contributed by atoms with Gasteiger partial charge in [-0.2, -0.15) is 11.8 Å². The van der Waals surface area contributed by atoms with Gasteiger partial charge in [0.05, 0.1) is 0 Å². The summed E-state index contributed by atoms with van der Waals surface area (Å²) in [6.07, 6.45) is 5.57. The minimum atomic E-state index is 0.768. The molecule has 1 atom stereocenters. The Balaban J connectivity index is 1.31. The lowest BCUT2D eigenvalue weighted by molar-refractivity contribution is 0.0645. The van der Waals surface area contributed by atoms with Gasteiger partial charge in [-0.1, -0.05) is 17.7 Å². The molecule has 1 aromatic carbocycles. The van der Waals surface area contributed by atoms with Crippen molar-refractivity contribution in [1.82, 2.24) is 9.80 Å². The Kier molecular flexibility index (Phi) is 6.12. The average Bonchev–Trinajstić information content (AvgIpc) is 2.69. The standard InChI is InChI=1S/C20H30ClN3S/c21-17-3-1-4-19(15-17)22-9-11-23(12-10-22)20-5-2-8-24(16-20)18-6-13-25-14-7-18/h1,3-4,15,18,20H,2,5-14,16H2. The number of rotatable bonds is 3. The summed E-state index contributed by atoms with van der Waals surface area (Å²) in [4.78, 5) is 8.06. The molecule has 1 unspecified atom stereocenters. The summed E-state index contributed by atoms with van der Waals surface area (Å²) in [6, 6.07) is 9.93. The van der Waals surface area contributed by atoms with Crippen LogP contribution in [0.15, 0.2) is 24.3 Å². The molecule has 5 heteroatoms. The van der Waals surface area contributed by atoms with Gasteiger partial charge in [-0.15, -0.1) is 0 Å². The van der Waals surface area contributed by atoms with Crippen molar-refractivity contribution in [3.63, 3.8) is 0 Å². The van der Waals surface area contributed by atoms with Crippen LogP contribution in [0, 0.1) is 0 Å². The van der Waals surface area contributed by atoms with Crippen LogP contribution in [-0.4, -0.2) is 72.7 Å². The smallest absolute Gasteiger partial charge is 0.0426 e. The third-order valence-electron chi connectivity index (χ3n) is 6.14. The zero-order valence-corrected chi connectivity index (χ0v) is 16.6. The van der Waals surface area contributed by atoms with Gasteiger partial charge in [0.15, 0.2) is 0 Å². The molecule has 138 valence electrons. The minimum Gasteiger partial charge on any atom is -0.369 e. The molecule has 0 bridgehead atoms. The monoisotopic (exact) mass is 379 g/mol. The first-order valence-electron chi connectivity index (χ1n) is 9.86. The number of nitrogens with zero attached hydrogens (tertiary/aromatic N) is 3. The van der Waals surface area contributed by atoms with Crippen LogP contribution < -0.4 is 4.90 Å². The predicted molar refractivity (Wildman–Crippen MR) is 110 cm³/mol. The Labute approximate surface area is 161 Å². The molecule has 0 amide bonds. The second-order valence-corrected chi connectivity index (χ2v) is 9.30. The second kappa shape index (κ2) is 8.51. The van der Waals surface area contributed by atoms with Crippen LogP contribution in [0.4, 0.5) is 5.69 Å². The van der Waals surface area contributed by atoms with Gasteiger partial charge in [-0.05, 0) is 61.9 Å². The molecule has 1 aromatic rings. The largest absolute Gasteiger partial charge is 0.369 e. The van der Waals surface area contributed by atoms with Crippen LogP contribution in [0.5, 0.6) is 0 Å². The molecule has 0 saturated carbocycles. The van der Waals surface area contributed by atoms with Crippen molar-refractivity contribution in [1.29, 1.82) is 0 Å². The maximum atomic E-state index is 6.16. The zero-order valence-electron chi connectivity index (χ0n) is 15.1. The zero-order chi connectivity index (χ0) is 17.1. The normalized spacial score (nSPS) is 27.6. The van der Waals surface area contributed by atoms with E-state index in [0.717, 1.165) is 30.2 Å². The third-order valence-corrected chi connectivity index (χ3v) is 7.42. The fraction of sp³-hybridized carbons (Fsp3) is 0.700. The molecule has 0 radical (unpaired) electrons. The van der Waals surface area contributed by atoms with Gasteiger partial charge >= 0.3 is 0 Å². The highest BCUT2D eigenvalue weighted by Crippen LogP contribution is 2.27. The van der Waals surface area contributed by atoms with Gasteiger partial charge in [-0.3, -0.25) is 9.80 Å². The number of benzene rings is 1. The lowest BCUT2D eigenvalue weighted by Crippen LogP contribution is -2.56. The van der Waals surface area contributed by atoms with Gasteiger partial charge < -0.3 is 4.90 Å². The Morgan fingerprint density at radius 3 is 2.44 bits per heavy atom. The molecular weight excluding hydrogens is 350 g/mol. The number of piperazine rings is 1. The number of anilines is 1. The fourth-order valence-electron chi connectivity index (χ4n) is 4.68. The summed E-state index contributed by atoms with van der Waals surface area (Å²) in [5.41, 5.74) is 1.28. The van der Waals surface area contributed by atoms with Crippen LogP contribution in [0.2, 0.25) is 5.02 Å². The van der Waals surface area contributed by atoms with E-state index >= 15 is 0 Å². The Morgan fingerprint density at radius 1 is 0.880 bits per heavy atom. The van der Waals surface area contributed by atoms with E-state index in [9.17, 15) is 0 Å². The molecule has 3 heterocycles. The maximum Gasteiger partial charge on any atom is 0.0426 e. The molecule has 3 aliphatic rings. The molecule has 4 rings (SSSR count). The van der Waals surface area contributed by atoms with E-state index < -0.39 is 0 Å². The van der Waals surface area contributed by atoms with E-state index in [1.807, 2.05) is 6.07 Å². The predicted octanol–water partition coefficient (Wildman–Crippen LogP) is 3.82. The van der Waals surface area contributed by atoms with Crippen LogP contribution in [-0.2, 0) is 0 Å². The Morgan fingerprint density at radius 2 is 1.68 bits per heavy atom. The topological polar surface area (TPSA) is 9.72 Å². The fourth-order valence-corrected chi connectivity index (χ4v) is 5.95. The molecule has 0 aromatic heterocycles. The summed E-state index contributed by atoms with van der Waals surface area (Å²) < 4.78 is 0. The molecule has 3 saturated heterocycles. The summed E-state index contributed by atoms with van der Waals surface area (Å²) in [6.45, 7) is 7.24. The highest BCUT2D eigenvalue weighted by atomic mass is 35.5. The number of halogens is 1. The number of likely N-dealkylation sites (tertiary alicyclic amines) is 1. The number of thioether (sulfide) groups is 1. The van der Waals surface area contributed by atoms with Crippen LogP contribution >= 0.6 is 23.4 Å². The van der Waals surface area contributed by atoms with E-state index in [4.69, 9.17) is 11.6 Å². The van der Waals surface area contributed by atoms with Crippen molar-refractivity contribution >= 4 is 29.1 Å². The average molecular weight is 380 g/mol. The van der Waals surface area contributed by atoms with E-state index in [1.54, 1.807) is 0 Å². The van der Waals surface area contributed by atoms with Crippen molar-refractivity contribution in [3.05, 3.63) is 29.3 Å². The van der Waals surface area contributed by atoms with Crippen LogP contribution in [0.25, 0.3) is 0 Å². The van der Waals surface area contributed by atoms with Gasteiger partial charge in [0, 0.05) is 55.5 Å². The van der Waals surface area contributed by atoms with Gasteiger partial charge in [0.2, 0.25) is 0 Å². The molecule has 0 aliphatic carbocycles. The first kappa shape index (κ1) is 18.0. The Hall–Kier alpha value is -0.420. The summed E-state index contributed by atoms with van der Waals surface area (Å²) in [5.74, 6) is 2.73. The van der Waals surface area contributed by atoms with Crippen molar-refractivity contribution in [2.75, 3.05) is 55.7 Å². The molecule has 3 nitrogen and oxygen atoms in total.